The zero-order chi connectivity index (χ0) is 19.5. The van der Waals surface area contributed by atoms with Crippen molar-refractivity contribution in [3.05, 3.63) is 59.2 Å². The normalized spacial score (nSPS) is 22.0. The predicted molar refractivity (Wildman–Crippen MR) is 107 cm³/mol. The molecule has 0 radical (unpaired) electrons. The van der Waals surface area contributed by atoms with Crippen molar-refractivity contribution in [2.45, 2.75) is 38.4 Å². The second-order valence-electron chi connectivity index (χ2n) is 7.45. The molecule has 4 rings (SSSR count). The number of benzene rings is 2. The first-order valence-electron chi connectivity index (χ1n) is 9.81. The Hall–Kier alpha value is -2.57. The molecule has 2 atom stereocenters. The number of fused-ring (bicyclic) bond motifs is 1. The maximum absolute atomic E-state index is 13.2. The van der Waals surface area contributed by atoms with Crippen molar-refractivity contribution in [1.29, 1.82) is 0 Å². The summed E-state index contributed by atoms with van der Waals surface area (Å²) in [5.74, 6) is 1.59. The number of nitrogens with zero attached hydrogens (tertiary/aromatic N) is 1. The van der Waals surface area contributed by atoms with Crippen LogP contribution >= 0.6 is 0 Å². The molecule has 2 aromatic carbocycles. The maximum atomic E-state index is 13.2. The number of hydrazine groups is 1. The van der Waals surface area contributed by atoms with Gasteiger partial charge in [-0.2, -0.15) is 0 Å². The number of ether oxygens (including phenoxy) is 2. The zero-order valence-electron chi connectivity index (χ0n) is 16.4. The molecule has 6 heteroatoms. The summed E-state index contributed by atoms with van der Waals surface area (Å²) in [7, 11) is 1.64. The Balaban J connectivity index is 1.47. The number of aryl methyl sites for hydroxylation is 1. The van der Waals surface area contributed by atoms with Crippen LogP contribution in [0.15, 0.2) is 42.5 Å². The molecule has 2 N–H and O–H groups in total. The van der Waals surface area contributed by atoms with Gasteiger partial charge in [0, 0.05) is 24.7 Å². The first-order valence-corrected chi connectivity index (χ1v) is 9.81. The fourth-order valence-corrected chi connectivity index (χ4v) is 3.87. The van der Waals surface area contributed by atoms with E-state index in [1.54, 1.807) is 7.11 Å². The minimum Gasteiger partial charge on any atom is -0.493 e. The van der Waals surface area contributed by atoms with Crippen LogP contribution in [0.2, 0.25) is 0 Å². The van der Waals surface area contributed by atoms with Gasteiger partial charge in [-0.3, -0.25) is 4.79 Å². The van der Waals surface area contributed by atoms with Crippen LogP contribution < -0.4 is 20.3 Å². The van der Waals surface area contributed by atoms with E-state index in [4.69, 9.17) is 9.47 Å². The number of amides is 1. The Kier molecular flexibility index (Phi) is 5.50. The third-order valence-electron chi connectivity index (χ3n) is 5.45. The number of methoxy groups -OCH3 is 1. The minimum absolute atomic E-state index is 0.123. The third kappa shape index (κ3) is 3.84. The van der Waals surface area contributed by atoms with Crippen molar-refractivity contribution in [1.82, 2.24) is 15.8 Å². The van der Waals surface area contributed by atoms with E-state index in [1.165, 1.54) is 11.1 Å². The zero-order valence-corrected chi connectivity index (χ0v) is 16.4. The van der Waals surface area contributed by atoms with Crippen molar-refractivity contribution in [2.24, 2.45) is 0 Å². The van der Waals surface area contributed by atoms with Gasteiger partial charge in [0.1, 0.15) is 6.04 Å². The van der Waals surface area contributed by atoms with Crippen molar-refractivity contribution in [3.63, 3.8) is 0 Å². The highest BCUT2D eigenvalue weighted by Crippen LogP contribution is 2.33. The van der Waals surface area contributed by atoms with Gasteiger partial charge in [-0.05, 0) is 31.4 Å². The molecule has 2 aromatic rings. The number of carbonyl (C=O) groups is 1. The summed E-state index contributed by atoms with van der Waals surface area (Å²) < 4.78 is 11.3. The third-order valence-corrected chi connectivity index (χ3v) is 5.45. The molecule has 1 amide bonds. The van der Waals surface area contributed by atoms with Gasteiger partial charge in [-0.15, -0.1) is 0 Å². The lowest BCUT2D eigenvalue weighted by Crippen LogP contribution is -2.46. The van der Waals surface area contributed by atoms with E-state index in [0.29, 0.717) is 25.4 Å². The van der Waals surface area contributed by atoms with Crippen LogP contribution in [0.25, 0.3) is 0 Å². The van der Waals surface area contributed by atoms with Crippen LogP contribution in [-0.4, -0.2) is 37.1 Å². The Bertz CT molecular complexity index is 837. The van der Waals surface area contributed by atoms with Gasteiger partial charge in [-0.25, -0.2) is 10.9 Å². The molecule has 0 saturated carbocycles. The van der Waals surface area contributed by atoms with E-state index in [2.05, 4.69) is 42.0 Å². The lowest BCUT2D eigenvalue weighted by atomic mass is 10.00. The summed E-state index contributed by atoms with van der Waals surface area (Å²) in [5.41, 5.74) is 9.90. The monoisotopic (exact) mass is 381 g/mol. The molecular weight excluding hydrogens is 354 g/mol. The average Bonchev–Trinajstić information content (AvgIpc) is 3.18. The van der Waals surface area contributed by atoms with Gasteiger partial charge in [-0.1, -0.05) is 42.0 Å². The molecule has 2 unspecified atom stereocenters. The van der Waals surface area contributed by atoms with Crippen molar-refractivity contribution >= 4 is 5.91 Å². The highest BCUT2D eigenvalue weighted by atomic mass is 16.5. The molecule has 28 heavy (non-hydrogen) atoms. The molecule has 0 bridgehead atoms. The second kappa shape index (κ2) is 8.20. The molecule has 0 aromatic heterocycles. The number of hydrogen-bond donors (Lipinski definition) is 2. The summed E-state index contributed by atoms with van der Waals surface area (Å²) in [6, 6.07) is 14.2. The Labute approximate surface area is 165 Å². The number of rotatable bonds is 3. The van der Waals surface area contributed by atoms with Crippen LogP contribution in [0, 0.1) is 6.92 Å². The smallest absolute Gasteiger partial charge is 0.241 e. The molecule has 148 valence electrons. The molecule has 2 heterocycles. The van der Waals surface area contributed by atoms with Crippen molar-refractivity contribution < 1.29 is 14.3 Å². The Morgan fingerprint density at radius 1 is 1.18 bits per heavy atom. The van der Waals surface area contributed by atoms with Gasteiger partial charge in [0.05, 0.1) is 13.7 Å². The molecule has 1 saturated heterocycles. The second-order valence-corrected chi connectivity index (χ2v) is 7.45. The van der Waals surface area contributed by atoms with Gasteiger partial charge >= 0.3 is 0 Å². The summed E-state index contributed by atoms with van der Waals surface area (Å²) >= 11 is 0. The number of nitrogens with one attached hydrogen (secondary N) is 2. The lowest BCUT2D eigenvalue weighted by molar-refractivity contribution is -0.134. The first-order chi connectivity index (χ1) is 13.7. The maximum Gasteiger partial charge on any atom is 0.241 e. The van der Waals surface area contributed by atoms with Crippen LogP contribution in [-0.2, 0) is 11.3 Å². The van der Waals surface area contributed by atoms with Gasteiger partial charge in [0.2, 0.25) is 5.91 Å². The van der Waals surface area contributed by atoms with E-state index in [-0.39, 0.29) is 18.0 Å². The Morgan fingerprint density at radius 2 is 2.00 bits per heavy atom. The number of para-hydroxylation sites is 1. The Morgan fingerprint density at radius 3 is 2.79 bits per heavy atom. The topological polar surface area (TPSA) is 62.8 Å². The van der Waals surface area contributed by atoms with Gasteiger partial charge in [0.15, 0.2) is 11.5 Å². The van der Waals surface area contributed by atoms with E-state index >= 15 is 0 Å². The number of hydrogen-bond acceptors (Lipinski definition) is 5. The molecule has 2 aliphatic rings. The SMILES string of the molecule is COc1cccc2c1OCCCN(C(=O)C1CC(c3ccc(C)cc3)NN1)C2. The molecule has 0 spiro atoms. The predicted octanol–water partition coefficient (Wildman–Crippen LogP) is 2.72. The molecule has 1 fully saturated rings. The highest BCUT2D eigenvalue weighted by Gasteiger charge is 2.33. The molecule has 2 aliphatic heterocycles. The lowest BCUT2D eigenvalue weighted by Gasteiger charge is -2.29. The first kappa shape index (κ1) is 18.8. The summed E-state index contributed by atoms with van der Waals surface area (Å²) in [6.45, 7) is 3.86. The molecule has 0 aliphatic carbocycles. The summed E-state index contributed by atoms with van der Waals surface area (Å²) in [5, 5.41) is 0. The van der Waals surface area contributed by atoms with E-state index in [0.717, 1.165) is 24.2 Å². The van der Waals surface area contributed by atoms with Gasteiger partial charge in [0.25, 0.3) is 0 Å². The fraction of sp³-hybridized carbons (Fsp3) is 0.409. The van der Waals surface area contributed by atoms with Crippen LogP contribution in [0.5, 0.6) is 11.5 Å². The van der Waals surface area contributed by atoms with E-state index in [1.807, 2.05) is 23.1 Å². The largest absolute Gasteiger partial charge is 0.493 e. The molecular formula is C22H27N3O3. The van der Waals surface area contributed by atoms with Crippen LogP contribution in [0.1, 0.15) is 35.6 Å². The van der Waals surface area contributed by atoms with Crippen molar-refractivity contribution in [3.8, 4) is 11.5 Å². The quantitative estimate of drug-likeness (QED) is 0.856. The highest BCUT2D eigenvalue weighted by molar-refractivity contribution is 5.82. The minimum atomic E-state index is -0.235. The van der Waals surface area contributed by atoms with Crippen LogP contribution in [0.3, 0.4) is 0 Å². The average molecular weight is 381 g/mol. The summed E-state index contributed by atoms with van der Waals surface area (Å²) in [6.07, 6.45) is 1.53. The van der Waals surface area contributed by atoms with E-state index in [9.17, 15) is 4.79 Å². The number of carbonyl (C=O) groups excluding carboxylic acids is 1. The van der Waals surface area contributed by atoms with Crippen molar-refractivity contribution in [2.75, 3.05) is 20.3 Å². The molecule has 6 nitrogen and oxygen atoms in total. The van der Waals surface area contributed by atoms with Gasteiger partial charge < -0.3 is 14.4 Å². The summed E-state index contributed by atoms with van der Waals surface area (Å²) in [4.78, 5) is 15.1. The van der Waals surface area contributed by atoms with Crippen LogP contribution in [0.4, 0.5) is 0 Å². The van der Waals surface area contributed by atoms with E-state index < -0.39 is 0 Å². The fourth-order valence-electron chi connectivity index (χ4n) is 3.87. The standard InChI is InChI=1S/C22H27N3O3/c1-15-7-9-16(10-8-15)18-13-19(24-23-18)22(26)25-11-4-12-28-21-17(14-25)5-3-6-20(21)27-2/h3,5-10,18-19,23-24H,4,11-14H2,1-2H3.